The summed E-state index contributed by atoms with van der Waals surface area (Å²) in [4.78, 5) is 0. The highest BCUT2D eigenvalue weighted by Crippen LogP contribution is 1.77. The van der Waals surface area contributed by atoms with Gasteiger partial charge in [0, 0.05) is 12.1 Å². The summed E-state index contributed by atoms with van der Waals surface area (Å²) in [5, 5.41) is 0. The van der Waals surface area contributed by atoms with Crippen LogP contribution >= 0.6 is 0 Å². The standard InChI is InChI=1S/2C4H11N/c2*1-3-4(2)5/h2*4H,3,5H2,1-2H3. The van der Waals surface area contributed by atoms with Crippen molar-refractivity contribution < 1.29 is 0 Å². The van der Waals surface area contributed by atoms with Gasteiger partial charge in [-0.15, -0.1) is 0 Å². The van der Waals surface area contributed by atoms with Crippen LogP contribution in [-0.2, 0) is 0 Å². The van der Waals surface area contributed by atoms with Gasteiger partial charge < -0.3 is 11.5 Å². The van der Waals surface area contributed by atoms with Crippen LogP contribution in [0, 0.1) is 0 Å². The van der Waals surface area contributed by atoms with Crippen molar-refractivity contribution in [2.45, 2.75) is 52.6 Å². The Kier molecular flexibility index (Phi) is 11.2. The van der Waals surface area contributed by atoms with Crippen LogP contribution < -0.4 is 11.5 Å². The normalized spacial score (nSPS) is 15.0. The molecule has 2 atom stereocenters. The molecule has 0 amide bonds. The van der Waals surface area contributed by atoms with Gasteiger partial charge in [-0.2, -0.15) is 0 Å². The Bertz CT molecular complexity index is 43.2. The molecule has 0 aliphatic carbocycles. The van der Waals surface area contributed by atoms with Gasteiger partial charge in [0.2, 0.25) is 0 Å². The van der Waals surface area contributed by atoms with Crippen molar-refractivity contribution in [2.24, 2.45) is 11.5 Å². The van der Waals surface area contributed by atoms with E-state index >= 15 is 0 Å². The first-order valence-corrected chi connectivity index (χ1v) is 4.05. The zero-order chi connectivity index (χ0) is 8.57. The summed E-state index contributed by atoms with van der Waals surface area (Å²) in [6.45, 7) is 8.15. The van der Waals surface area contributed by atoms with E-state index in [0.717, 1.165) is 12.8 Å². The Labute approximate surface area is 65.0 Å². The Balaban J connectivity index is 0. The summed E-state index contributed by atoms with van der Waals surface area (Å²) in [6.07, 6.45) is 2.17. The molecule has 0 rings (SSSR count). The third-order valence-corrected chi connectivity index (χ3v) is 1.29. The maximum atomic E-state index is 5.29. The fourth-order valence-corrected chi connectivity index (χ4v) is 0. The molecular weight excluding hydrogens is 124 g/mol. The van der Waals surface area contributed by atoms with Gasteiger partial charge in [-0.05, 0) is 26.7 Å². The van der Waals surface area contributed by atoms with E-state index in [4.69, 9.17) is 11.5 Å². The first kappa shape index (κ1) is 12.6. The van der Waals surface area contributed by atoms with Gasteiger partial charge in [0.25, 0.3) is 0 Å². The Morgan fingerprint density at radius 1 is 0.900 bits per heavy atom. The number of hydrogen-bond acceptors (Lipinski definition) is 2. The summed E-state index contributed by atoms with van der Waals surface area (Å²) < 4.78 is 0. The average Bonchev–Trinajstić information content (AvgIpc) is 1.89. The van der Waals surface area contributed by atoms with Gasteiger partial charge >= 0.3 is 0 Å². The Morgan fingerprint density at radius 3 is 1.00 bits per heavy atom. The monoisotopic (exact) mass is 146 g/mol. The lowest BCUT2D eigenvalue weighted by atomic mass is 10.3. The second-order valence-electron chi connectivity index (χ2n) is 2.77. The predicted molar refractivity (Wildman–Crippen MR) is 47.9 cm³/mol. The van der Waals surface area contributed by atoms with Crippen molar-refractivity contribution in [3.8, 4) is 0 Å². The third kappa shape index (κ3) is 24.7. The molecule has 2 heteroatoms. The molecule has 0 bridgehead atoms. The molecule has 0 aliphatic heterocycles. The van der Waals surface area contributed by atoms with E-state index in [0.29, 0.717) is 12.1 Å². The summed E-state index contributed by atoms with van der Waals surface area (Å²) in [6, 6.07) is 0.769. The van der Waals surface area contributed by atoms with E-state index in [-0.39, 0.29) is 0 Å². The van der Waals surface area contributed by atoms with E-state index in [1.807, 2.05) is 13.8 Å². The Hall–Kier alpha value is -0.0800. The van der Waals surface area contributed by atoms with Crippen LogP contribution in [0.1, 0.15) is 40.5 Å². The van der Waals surface area contributed by atoms with Gasteiger partial charge in [-0.1, -0.05) is 13.8 Å². The molecule has 2 nitrogen and oxygen atoms in total. The molecule has 0 aliphatic rings. The molecule has 0 fully saturated rings. The van der Waals surface area contributed by atoms with Gasteiger partial charge in [-0.3, -0.25) is 0 Å². The van der Waals surface area contributed by atoms with Crippen LogP contribution in [0.4, 0.5) is 0 Å². The van der Waals surface area contributed by atoms with Crippen molar-refractivity contribution in [1.82, 2.24) is 0 Å². The summed E-state index contributed by atoms with van der Waals surface area (Å²) >= 11 is 0. The first-order valence-electron chi connectivity index (χ1n) is 4.05. The van der Waals surface area contributed by atoms with Gasteiger partial charge in [-0.25, -0.2) is 0 Å². The van der Waals surface area contributed by atoms with Gasteiger partial charge in [0.15, 0.2) is 0 Å². The minimum absolute atomic E-state index is 0.384. The number of hydrogen-bond donors (Lipinski definition) is 2. The lowest BCUT2D eigenvalue weighted by Crippen LogP contribution is -2.11. The average molecular weight is 146 g/mol. The lowest BCUT2D eigenvalue weighted by molar-refractivity contribution is 0.714. The molecule has 0 spiro atoms. The van der Waals surface area contributed by atoms with E-state index in [9.17, 15) is 0 Å². The van der Waals surface area contributed by atoms with Crippen molar-refractivity contribution >= 4 is 0 Å². The van der Waals surface area contributed by atoms with E-state index in [1.165, 1.54) is 0 Å². The topological polar surface area (TPSA) is 52.0 Å². The number of rotatable bonds is 2. The molecule has 4 N–H and O–H groups in total. The molecular formula is C8H22N2. The van der Waals surface area contributed by atoms with Crippen LogP contribution in [0.5, 0.6) is 0 Å². The van der Waals surface area contributed by atoms with Crippen molar-refractivity contribution in [1.29, 1.82) is 0 Å². The van der Waals surface area contributed by atoms with Crippen molar-refractivity contribution in [2.75, 3.05) is 0 Å². The fraction of sp³-hybridized carbons (Fsp3) is 1.00. The third-order valence-electron chi connectivity index (χ3n) is 1.29. The number of nitrogens with two attached hydrogens (primary N) is 2. The van der Waals surface area contributed by atoms with Crippen LogP contribution in [0.3, 0.4) is 0 Å². The quantitative estimate of drug-likeness (QED) is 0.620. The first-order chi connectivity index (χ1) is 4.54. The molecule has 0 saturated carbocycles. The smallest absolute Gasteiger partial charge is 0.000781 e. The van der Waals surface area contributed by atoms with Crippen LogP contribution in [0.25, 0.3) is 0 Å². The molecule has 64 valence electrons. The highest BCUT2D eigenvalue weighted by Gasteiger charge is 1.80. The highest BCUT2D eigenvalue weighted by molar-refractivity contribution is 4.43. The molecule has 0 aromatic heterocycles. The van der Waals surface area contributed by atoms with Crippen LogP contribution in [-0.4, -0.2) is 12.1 Å². The van der Waals surface area contributed by atoms with Crippen LogP contribution in [0.2, 0.25) is 0 Å². The SMILES string of the molecule is CCC(C)N.CCC(C)N. The molecule has 10 heavy (non-hydrogen) atoms. The van der Waals surface area contributed by atoms with E-state index in [1.54, 1.807) is 0 Å². The minimum Gasteiger partial charge on any atom is -0.328 e. The Morgan fingerprint density at radius 2 is 1.00 bits per heavy atom. The van der Waals surface area contributed by atoms with Gasteiger partial charge in [0.1, 0.15) is 0 Å². The maximum Gasteiger partial charge on any atom is 0.000781 e. The molecule has 0 saturated heterocycles. The molecule has 2 unspecified atom stereocenters. The maximum absolute atomic E-state index is 5.29. The molecule has 0 aromatic carbocycles. The molecule has 0 radical (unpaired) electrons. The van der Waals surface area contributed by atoms with Crippen LogP contribution in [0.15, 0.2) is 0 Å². The van der Waals surface area contributed by atoms with E-state index < -0.39 is 0 Å². The summed E-state index contributed by atoms with van der Waals surface area (Å²) in [7, 11) is 0. The van der Waals surface area contributed by atoms with E-state index in [2.05, 4.69) is 13.8 Å². The largest absolute Gasteiger partial charge is 0.328 e. The van der Waals surface area contributed by atoms with Crippen molar-refractivity contribution in [3.63, 3.8) is 0 Å². The highest BCUT2D eigenvalue weighted by atomic mass is 14.6. The zero-order valence-electron chi connectivity index (χ0n) is 7.72. The lowest BCUT2D eigenvalue weighted by Gasteiger charge is -1.91. The zero-order valence-corrected chi connectivity index (χ0v) is 7.72. The fourth-order valence-electron chi connectivity index (χ4n) is 0. The molecule has 0 aromatic rings. The minimum atomic E-state index is 0.384. The van der Waals surface area contributed by atoms with Gasteiger partial charge in [0.05, 0.1) is 0 Å². The van der Waals surface area contributed by atoms with Crippen molar-refractivity contribution in [3.05, 3.63) is 0 Å². The second-order valence-corrected chi connectivity index (χ2v) is 2.77. The molecule has 0 heterocycles. The summed E-state index contributed by atoms with van der Waals surface area (Å²) in [5.74, 6) is 0. The second kappa shape index (κ2) is 8.92. The predicted octanol–water partition coefficient (Wildman–Crippen LogP) is 1.49. The summed E-state index contributed by atoms with van der Waals surface area (Å²) in [5.41, 5.74) is 10.6.